The van der Waals surface area contributed by atoms with Crippen molar-refractivity contribution in [3.8, 4) is 0 Å². The van der Waals surface area contributed by atoms with Crippen molar-refractivity contribution in [2.24, 2.45) is 5.90 Å². The Kier molecular flexibility index (Phi) is 4.54. The van der Waals surface area contributed by atoms with Crippen molar-refractivity contribution < 1.29 is 4.84 Å². The lowest BCUT2D eigenvalue weighted by Gasteiger charge is -1.93. The minimum atomic E-state index is 0.546. The van der Waals surface area contributed by atoms with Crippen LogP contribution in [-0.2, 0) is 4.84 Å². The zero-order valence-electron chi connectivity index (χ0n) is 7.24. The van der Waals surface area contributed by atoms with E-state index in [9.17, 15) is 0 Å². The van der Waals surface area contributed by atoms with Crippen LogP contribution in [0.4, 0.5) is 0 Å². The maximum absolute atomic E-state index is 5.73. The summed E-state index contributed by atoms with van der Waals surface area (Å²) in [6.07, 6.45) is 4.84. The Hall–Kier alpha value is -0.830. The minimum Gasteiger partial charge on any atom is -0.304 e. The van der Waals surface area contributed by atoms with Crippen LogP contribution >= 0.6 is 11.6 Å². The van der Waals surface area contributed by atoms with Crippen molar-refractivity contribution in [3.63, 3.8) is 0 Å². The summed E-state index contributed by atoms with van der Waals surface area (Å²) >= 11 is 5.73. The topological polar surface area (TPSA) is 35.2 Å². The summed E-state index contributed by atoms with van der Waals surface area (Å²) in [5.74, 6) is 4.88. The van der Waals surface area contributed by atoms with E-state index in [0.717, 1.165) is 17.0 Å². The molecule has 0 aliphatic heterocycles. The molecule has 0 saturated carbocycles. The highest BCUT2D eigenvalue weighted by molar-refractivity contribution is 6.30. The molecule has 0 fully saturated rings. The van der Waals surface area contributed by atoms with Gasteiger partial charge in [0.2, 0.25) is 0 Å². The van der Waals surface area contributed by atoms with Crippen LogP contribution in [0.2, 0.25) is 5.02 Å². The molecule has 1 aromatic rings. The summed E-state index contributed by atoms with van der Waals surface area (Å²) in [6.45, 7) is 0.546. The fourth-order valence-electron chi connectivity index (χ4n) is 0.929. The minimum absolute atomic E-state index is 0.546. The Bertz CT molecular complexity index is 269. The normalized spacial score (nSPS) is 10.9. The SMILES string of the molecule is NOCC/C=C/c1ccc(Cl)cc1. The van der Waals surface area contributed by atoms with Crippen molar-refractivity contribution >= 4 is 17.7 Å². The van der Waals surface area contributed by atoms with Crippen molar-refractivity contribution in [3.05, 3.63) is 40.9 Å². The third kappa shape index (κ3) is 4.08. The Morgan fingerprint density at radius 3 is 2.62 bits per heavy atom. The van der Waals surface area contributed by atoms with E-state index in [0.29, 0.717) is 6.61 Å². The second kappa shape index (κ2) is 5.75. The smallest absolute Gasteiger partial charge is 0.0713 e. The summed E-state index contributed by atoms with van der Waals surface area (Å²) < 4.78 is 0. The number of hydrogen-bond donors (Lipinski definition) is 1. The van der Waals surface area contributed by atoms with Gasteiger partial charge in [-0.05, 0) is 24.1 Å². The molecular weight excluding hydrogens is 186 g/mol. The standard InChI is InChI=1S/C10H12ClNO/c11-10-6-4-9(5-7-10)3-1-2-8-13-12/h1,3-7H,2,8,12H2/b3-1+. The number of rotatable bonds is 4. The predicted molar refractivity (Wildman–Crippen MR) is 55.2 cm³/mol. The van der Waals surface area contributed by atoms with Gasteiger partial charge in [-0.1, -0.05) is 35.9 Å². The molecule has 0 aliphatic rings. The van der Waals surface area contributed by atoms with Crippen LogP contribution in [0, 0.1) is 0 Å². The molecule has 0 bridgehead atoms. The van der Waals surface area contributed by atoms with Gasteiger partial charge < -0.3 is 4.84 Å². The van der Waals surface area contributed by atoms with Crippen molar-refractivity contribution in [1.82, 2.24) is 0 Å². The van der Waals surface area contributed by atoms with Crippen LogP contribution in [0.25, 0.3) is 6.08 Å². The van der Waals surface area contributed by atoms with E-state index >= 15 is 0 Å². The second-order valence-electron chi connectivity index (χ2n) is 2.61. The van der Waals surface area contributed by atoms with Gasteiger partial charge in [-0.15, -0.1) is 0 Å². The van der Waals surface area contributed by atoms with Gasteiger partial charge in [0.05, 0.1) is 6.61 Å². The molecule has 0 atom stereocenters. The first-order chi connectivity index (χ1) is 6.33. The lowest BCUT2D eigenvalue weighted by Crippen LogP contribution is -1.98. The molecule has 13 heavy (non-hydrogen) atoms. The van der Waals surface area contributed by atoms with Crippen LogP contribution < -0.4 is 5.90 Å². The van der Waals surface area contributed by atoms with E-state index in [2.05, 4.69) is 4.84 Å². The lowest BCUT2D eigenvalue weighted by atomic mass is 10.2. The van der Waals surface area contributed by atoms with E-state index in [4.69, 9.17) is 17.5 Å². The summed E-state index contributed by atoms with van der Waals surface area (Å²) in [5.41, 5.74) is 1.13. The van der Waals surface area contributed by atoms with Gasteiger partial charge in [-0.2, -0.15) is 0 Å². The van der Waals surface area contributed by atoms with Gasteiger partial charge in [0.15, 0.2) is 0 Å². The Morgan fingerprint density at radius 2 is 2.00 bits per heavy atom. The van der Waals surface area contributed by atoms with Crippen LogP contribution in [0.5, 0.6) is 0 Å². The molecule has 0 aromatic heterocycles. The Morgan fingerprint density at radius 1 is 1.31 bits per heavy atom. The highest BCUT2D eigenvalue weighted by atomic mass is 35.5. The van der Waals surface area contributed by atoms with Gasteiger partial charge in [-0.3, -0.25) is 0 Å². The molecule has 0 unspecified atom stereocenters. The molecule has 3 heteroatoms. The van der Waals surface area contributed by atoms with Gasteiger partial charge in [0.1, 0.15) is 0 Å². The number of benzene rings is 1. The summed E-state index contributed by atoms with van der Waals surface area (Å²) in [5, 5.41) is 0.752. The Balaban J connectivity index is 2.44. The molecule has 70 valence electrons. The van der Waals surface area contributed by atoms with Crippen LogP contribution in [0.1, 0.15) is 12.0 Å². The molecule has 0 amide bonds. The van der Waals surface area contributed by atoms with E-state index in [-0.39, 0.29) is 0 Å². The van der Waals surface area contributed by atoms with Gasteiger partial charge >= 0.3 is 0 Å². The van der Waals surface area contributed by atoms with Crippen molar-refractivity contribution in [2.75, 3.05) is 6.61 Å². The second-order valence-corrected chi connectivity index (χ2v) is 3.05. The molecule has 0 heterocycles. The molecular formula is C10H12ClNO. The fourth-order valence-corrected chi connectivity index (χ4v) is 1.06. The number of nitrogens with two attached hydrogens (primary N) is 1. The molecule has 0 saturated heterocycles. The maximum atomic E-state index is 5.73. The third-order valence-corrected chi connectivity index (χ3v) is 1.83. The molecule has 1 rings (SSSR count). The van der Waals surface area contributed by atoms with Crippen LogP contribution in [-0.4, -0.2) is 6.61 Å². The first-order valence-electron chi connectivity index (χ1n) is 4.06. The monoisotopic (exact) mass is 197 g/mol. The fraction of sp³-hybridized carbons (Fsp3) is 0.200. The first kappa shape index (κ1) is 10.3. The largest absolute Gasteiger partial charge is 0.304 e. The average molecular weight is 198 g/mol. The summed E-state index contributed by atoms with van der Waals surface area (Å²) in [4.78, 5) is 4.43. The maximum Gasteiger partial charge on any atom is 0.0713 e. The predicted octanol–water partition coefficient (Wildman–Crippen LogP) is 2.63. The van der Waals surface area contributed by atoms with E-state index in [1.807, 2.05) is 36.4 Å². The number of hydrogen-bond acceptors (Lipinski definition) is 2. The van der Waals surface area contributed by atoms with Gasteiger partial charge in [0, 0.05) is 5.02 Å². The molecule has 0 radical (unpaired) electrons. The molecule has 0 aliphatic carbocycles. The van der Waals surface area contributed by atoms with Crippen molar-refractivity contribution in [1.29, 1.82) is 0 Å². The highest BCUT2D eigenvalue weighted by Crippen LogP contribution is 2.10. The van der Waals surface area contributed by atoms with Gasteiger partial charge in [-0.25, -0.2) is 5.90 Å². The van der Waals surface area contributed by atoms with Gasteiger partial charge in [0.25, 0.3) is 0 Å². The average Bonchev–Trinajstić information content (AvgIpc) is 2.15. The zero-order chi connectivity index (χ0) is 9.52. The van der Waals surface area contributed by atoms with E-state index < -0.39 is 0 Å². The zero-order valence-corrected chi connectivity index (χ0v) is 8.00. The molecule has 1 aromatic carbocycles. The molecule has 2 N–H and O–H groups in total. The first-order valence-corrected chi connectivity index (χ1v) is 4.44. The highest BCUT2D eigenvalue weighted by Gasteiger charge is 1.86. The molecule has 0 spiro atoms. The quantitative estimate of drug-likeness (QED) is 0.595. The summed E-state index contributed by atoms with van der Waals surface area (Å²) in [7, 11) is 0. The number of halogens is 1. The summed E-state index contributed by atoms with van der Waals surface area (Å²) in [6, 6.07) is 7.64. The lowest BCUT2D eigenvalue weighted by molar-refractivity contribution is 0.143. The van der Waals surface area contributed by atoms with E-state index in [1.165, 1.54) is 0 Å². The van der Waals surface area contributed by atoms with E-state index in [1.54, 1.807) is 0 Å². The molecule has 2 nitrogen and oxygen atoms in total. The third-order valence-electron chi connectivity index (χ3n) is 1.58. The van der Waals surface area contributed by atoms with Crippen LogP contribution in [0.15, 0.2) is 30.3 Å². The van der Waals surface area contributed by atoms with Crippen molar-refractivity contribution in [2.45, 2.75) is 6.42 Å². The Labute approximate surface area is 82.9 Å². The van der Waals surface area contributed by atoms with Crippen LogP contribution in [0.3, 0.4) is 0 Å².